The van der Waals surface area contributed by atoms with Crippen LogP contribution in [0.3, 0.4) is 0 Å². The number of alkyl halides is 3. The van der Waals surface area contributed by atoms with Crippen LogP contribution in [0.5, 0.6) is 5.75 Å². The van der Waals surface area contributed by atoms with E-state index in [2.05, 4.69) is 15.3 Å². The van der Waals surface area contributed by atoms with Gasteiger partial charge >= 0.3 is 6.18 Å². The predicted molar refractivity (Wildman–Crippen MR) is 94.2 cm³/mol. The maximum Gasteiger partial charge on any atom is 0.416 e. The summed E-state index contributed by atoms with van der Waals surface area (Å²) in [4.78, 5) is 32.0. The topological polar surface area (TPSA) is 115 Å². The number of anilines is 1. The Morgan fingerprint density at radius 3 is 2.14 bits per heavy atom. The molecule has 0 aliphatic heterocycles. The monoisotopic (exact) mass is 427 g/mol. The Morgan fingerprint density at radius 2 is 1.62 bits per heavy atom. The fourth-order valence-corrected chi connectivity index (χ4v) is 3.64. The summed E-state index contributed by atoms with van der Waals surface area (Å²) in [5, 5.41) is 2.33. The maximum atomic E-state index is 13.1. The summed E-state index contributed by atoms with van der Waals surface area (Å²) in [5.41, 5.74) is -3.04. The van der Waals surface area contributed by atoms with Crippen LogP contribution in [0.15, 0.2) is 41.2 Å². The molecular formula is C17H12F3N3O5S. The van der Waals surface area contributed by atoms with Crippen LogP contribution < -0.4 is 10.1 Å². The standard InChI is InChI=1S/C17H12F3N3O5S/c1-28-10-4-3-8(17(18,19)20)7-9(10)23-13-14(24)11-12(22-6-5-21-11)15(25)16(13)29(2,26)27/h3-7,23H,1-2H3. The first-order valence-electron chi connectivity index (χ1n) is 7.82. The summed E-state index contributed by atoms with van der Waals surface area (Å²) in [5.74, 6) is -2.21. The normalized spacial score (nSPS) is 14.7. The molecule has 29 heavy (non-hydrogen) atoms. The summed E-state index contributed by atoms with van der Waals surface area (Å²) in [7, 11) is -3.09. The minimum absolute atomic E-state index is 0.108. The zero-order valence-corrected chi connectivity index (χ0v) is 15.7. The van der Waals surface area contributed by atoms with Gasteiger partial charge < -0.3 is 10.1 Å². The molecule has 152 valence electrons. The number of nitrogens with one attached hydrogen (secondary N) is 1. The van der Waals surface area contributed by atoms with Crippen molar-refractivity contribution in [2.24, 2.45) is 0 Å². The van der Waals surface area contributed by atoms with Gasteiger partial charge in [0.15, 0.2) is 9.84 Å². The van der Waals surface area contributed by atoms with Crippen molar-refractivity contribution in [3.8, 4) is 5.75 Å². The second kappa shape index (κ2) is 6.95. The number of Topliss-reactive ketones (excluding diaryl/α,β-unsaturated/α-hetero) is 2. The molecule has 2 aromatic rings. The summed E-state index contributed by atoms with van der Waals surface area (Å²) < 4.78 is 68.6. The smallest absolute Gasteiger partial charge is 0.416 e. The first-order chi connectivity index (χ1) is 13.4. The number of halogens is 3. The van der Waals surface area contributed by atoms with Gasteiger partial charge in [-0.3, -0.25) is 9.59 Å². The SMILES string of the molecule is COc1ccc(C(F)(F)F)cc1NC1=C(S(C)(=O)=O)C(=O)c2nccnc2C1=O. The molecule has 1 N–H and O–H groups in total. The van der Waals surface area contributed by atoms with Gasteiger partial charge in [-0.2, -0.15) is 13.2 Å². The van der Waals surface area contributed by atoms with E-state index in [1.54, 1.807) is 0 Å². The molecule has 1 aromatic carbocycles. The number of fused-ring (bicyclic) bond motifs is 1. The molecule has 0 radical (unpaired) electrons. The number of rotatable bonds is 4. The predicted octanol–water partition coefficient (Wildman–Crippen LogP) is 2.25. The van der Waals surface area contributed by atoms with Gasteiger partial charge in [-0.15, -0.1) is 0 Å². The largest absolute Gasteiger partial charge is 0.495 e. The van der Waals surface area contributed by atoms with Gasteiger partial charge in [-0.25, -0.2) is 18.4 Å². The van der Waals surface area contributed by atoms with Crippen molar-refractivity contribution in [3.05, 3.63) is 58.1 Å². The molecule has 0 spiro atoms. The molecule has 0 fully saturated rings. The number of ether oxygens (including phenoxy) is 1. The summed E-state index contributed by atoms with van der Waals surface area (Å²) in [6.07, 6.45) is -1.78. The Morgan fingerprint density at radius 1 is 1.03 bits per heavy atom. The van der Waals surface area contributed by atoms with E-state index in [-0.39, 0.29) is 11.4 Å². The minimum atomic E-state index is -4.71. The lowest BCUT2D eigenvalue weighted by Gasteiger charge is -2.21. The van der Waals surface area contributed by atoms with Crippen LogP contribution >= 0.6 is 0 Å². The van der Waals surface area contributed by atoms with Gasteiger partial charge in [-0.05, 0) is 18.2 Å². The Balaban J connectivity index is 2.23. The number of hydrogen-bond acceptors (Lipinski definition) is 8. The zero-order valence-electron chi connectivity index (χ0n) is 14.9. The van der Waals surface area contributed by atoms with Gasteiger partial charge in [0.2, 0.25) is 11.6 Å². The molecule has 1 aromatic heterocycles. The van der Waals surface area contributed by atoms with Crippen LogP contribution in [-0.4, -0.2) is 43.3 Å². The maximum absolute atomic E-state index is 13.1. The van der Waals surface area contributed by atoms with Gasteiger partial charge in [0, 0.05) is 18.6 Å². The van der Waals surface area contributed by atoms with E-state index in [1.165, 1.54) is 7.11 Å². The first kappa shape index (κ1) is 20.5. The average Bonchev–Trinajstić information content (AvgIpc) is 2.64. The van der Waals surface area contributed by atoms with E-state index in [1.807, 2.05) is 0 Å². The summed E-state index contributed by atoms with van der Waals surface area (Å²) in [6, 6.07) is 2.38. The number of benzene rings is 1. The molecule has 0 unspecified atom stereocenters. The second-order valence-corrected chi connectivity index (χ2v) is 7.88. The molecule has 12 heteroatoms. The Bertz CT molecular complexity index is 1170. The van der Waals surface area contributed by atoms with Crippen LogP contribution in [0.4, 0.5) is 18.9 Å². The number of nitrogens with zero attached hydrogens (tertiary/aromatic N) is 2. The fraction of sp³-hybridized carbons (Fsp3) is 0.176. The number of ketones is 2. The van der Waals surface area contributed by atoms with Gasteiger partial charge in [0.25, 0.3) is 0 Å². The summed E-state index contributed by atoms with van der Waals surface area (Å²) >= 11 is 0. The lowest BCUT2D eigenvalue weighted by atomic mass is 10.0. The molecule has 8 nitrogen and oxygen atoms in total. The van der Waals surface area contributed by atoms with Crippen LogP contribution in [-0.2, 0) is 16.0 Å². The van der Waals surface area contributed by atoms with Crippen molar-refractivity contribution in [2.45, 2.75) is 6.18 Å². The van der Waals surface area contributed by atoms with Crippen molar-refractivity contribution in [3.63, 3.8) is 0 Å². The molecule has 1 aliphatic rings. The second-order valence-electron chi connectivity index (χ2n) is 5.93. The number of allylic oxidation sites excluding steroid dienone is 2. The van der Waals surface area contributed by atoms with E-state index < -0.39 is 55.1 Å². The van der Waals surface area contributed by atoms with Crippen molar-refractivity contribution < 1.29 is 35.9 Å². The average molecular weight is 427 g/mol. The molecule has 0 atom stereocenters. The van der Waals surface area contributed by atoms with Crippen molar-refractivity contribution >= 4 is 27.1 Å². The molecule has 0 bridgehead atoms. The van der Waals surface area contributed by atoms with E-state index in [9.17, 15) is 31.2 Å². The highest BCUT2D eigenvalue weighted by Gasteiger charge is 2.40. The van der Waals surface area contributed by atoms with E-state index >= 15 is 0 Å². The third kappa shape index (κ3) is 3.70. The van der Waals surface area contributed by atoms with Crippen molar-refractivity contribution in [1.29, 1.82) is 0 Å². The van der Waals surface area contributed by atoms with Crippen molar-refractivity contribution in [2.75, 3.05) is 18.7 Å². The molecular weight excluding hydrogens is 415 g/mol. The summed E-state index contributed by atoms with van der Waals surface area (Å²) in [6.45, 7) is 0. The van der Waals surface area contributed by atoms with Crippen molar-refractivity contribution in [1.82, 2.24) is 9.97 Å². The van der Waals surface area contributed by atoms with E-state index in [0.29, 0.717) is 12.3 Å². The third-order valence-electron chi connectivity index (χ3n) is 3.95. The number of sulfone groups is 1. The Hall–Kier alpha value is -3.28. The quantitative estimate of drug-likeness (QED) is 0.790. The number of hydrogen-bond donors (Lipinski definition) is 1. The van der Waals surface area contributed by atoms with Gasteiger partial charge in [-0.1, -0.05) is 0 Å². The number of methoxy groups -OCH3 is 1. The number of carbonyl (C=O) groups excluding carboxylic acids is 2. The highest BCUT2D eigenvalue weighted by Crippen LogP contribution is 2.37. The molecule has 1 aliphatic carbocycles. The third-order valence-corrected chi connectivity index (χ3v) is 5.08. The van der Waals surface area contributed by atoms with E-state index in [0.717, 1.165) is 24.5 Å². The Kier molecular flexibility index (Phi) is 4.91. The van der Waals surface area contributed by atoms with E-state index in [4.69, 9.17) is 4.74 Å². The molecule has 0 saturated carbocycles. The highest BCUT2D eigenvalue weighted by molar-refractivity contribution is 7.95. The van der Waals surface area contributed by atoms with Crippen LogP contribution in [0.25, 0.3) is 0 Å². The fourth-order valence-electron chi connectivity index (χ4n) is 2.70. The van der Waals surface area contributed by atoms with Gasteiger partial charge in [0.1, 0.15) is 27.7 Å². The van der Waals surface area contributed by atoms with Crippen LogP contribution in [0, 0.1) is 0 Å². The molecule has 1 heterocycles. The molecule has 0 amide bonds. The van der Waals surface area contributed by atoms with Crippen LogP contribution in [0.1, 0.15) is 26.5 Å². The minimum Gasteiger partial charge on any atom is -0.495 e. The highest BCUT2D eigenvalue weighted by atomic mass is 32.2. The molecule has 3 rings (SSSR count). The Labute approximate surface area is 162 Å². The molecule has 0 saturated heterocycles. The number of aromatic nitrogens is 2. The lowest BCUT2D eigenvalue weighted by molar-refractivity contribution is -0.137. The zero-order chi connectivity index (χ0) is 21.6. The van der Waals surface area contributed by atoms with Gasteiger partial charge in [0.05, 0.1) is 18.4 Å². The number of carbonyl (C=O) groups is 2. The first-order valence-corrected chi connectivity index (χ1v) is 9.71. The van der Waals surface area contributed by atoms with Crippen LogP contribution in [0.2, 0.25) is 0 Å². The lowest BCUT2D eigenvalue weighted by Crippen LogP contribution is -2.31.